The van der Waals surface area contributed by atoms with Gasteiger partial charge < -0.3 is 54.0 Å². The van der Waals surface area contributed by atoms with E-state index >= 15 is 0 Å². The van der Waals surface area contributed by atoms with Crippen molar-refractivity contribution in [3.63, 3.8) is 0 Å². The predicted octanol–water partition coefficient (Wildman–Crippen LogP) is 4.72. The van der Waals surface area contributed by atoms with Gasteiger partial charge in [-0.1, -0.05) is 24.3 Å². The number of rotatable bonds is 9. The molecule has 1 aliphatic heterocycles. The van der Waals surface area contributed by atoms with E-state index in [0.29, 0.717) is 11.1 Å². The number of phenolic OH excluding ortho intramolecular Hbond substituents is 5. The normalized spacial score (nSPS) is 20.1. The molecule has 1 aromatic heterocycles. The van der Waals surface area contributed by atoms with E-state index in [1.165, 1.54) is 79.7 Å². The van der Waals surface area contributed by atoms with E-state index in [9.17, 15) is 45.0 Å². The summed E-state index contributed by atoms with van der Waals surface area (Å²) in [5.74, 6) is -3.89. The SMILES string of the molecule is C[C@@H]1O[C@@H](Oc2c(-c3ccc(O)cc3)oc3cc(O)cc(O)c3c2=O)[C@@H](OC(=O)/C=C/c2ccc(O)cc2)[C@@H](OC(=O)/C=C/c2ccc(O)cc2)[C@H]1O. The number of carbonyl (C=O) groups is 2. The molecular weight excluding hydrogens is 692 g/mol. The topological polar surface area (TPSA) is 223 Å². The van der Waals surface area contributed by atoms with E-state index in [-0.39, 0.29) is 39.5 Å². The highest BCUT2D eigenvalue weighted by atomic mass is 16.7. The Bertz CT molecular complexity index is 2240. The number of aromatic hydroxyl groups is 5. The maximum absolute atomic E-state index is 14.0. The molecule has 6 N–H and O–H groups in total. The standard InChI is InChI=1S/C39H32O14/c1-20-33(47)36(51-30(45)16-6-21-2-10-24(40)11-3-21)38(52-31(46)17-7-22-4-12-25(41)13-5-22)39(49-20)53-37-34(48)32-28(44)18-27(43)19-29(32)50-35(37)23-8-14-26(42)15-9-23/h2-20,33,36,38-44,47H,1H3/b16-6+,17-7+/t20-,33-,36-,38-,39-/m0/s1. The molecule has 14 heteroatoms. The zero-order valence-corrected chi connectivity index (χ0v) is 27.7. The van der Waals surface area contributed by atoms with Crippen molar-refractivity contribution in [2.24, 2.45) is 0 Å². The fourth-order valence-electron chi connectivity index (χ4n) is 5.48. The highest BCUT2D eigenvalue weighted by Gasteiger charge is 2.50. The maximum Gasteiger partial charge on any atom is 0.331 e. The summed E-state index contributed by atoms with van der Waals surface area (Å²) in [5.41, 5.74) is 0.103. The fraction of sp³-hybridized carbons (Fsp3) is 0.154. The third-order valence-corrected chi connectivity index (χ3v) is 8.15. The summed E-state index contributed by atoms with van der Waals surface area (Å²) in [6.45, 7) is 1.43. The molecule has 0 spiro atoms. The van der Waals surface area contributed by atoms with E-state index in [1.54, 1.807) is 12.1 Å². The molecule has 1 aliphatic rings. The Kier molecular flexibility index (Phi) is 10.4. The van der Waals surface area contributed by atoms with Gasteiger partial charge in [-0.2, -0.15) is 0 Å². The van der Waals surface area contributed by atoms with Crippen molar-refractivity contribution < 1.29 is 63.6 Å². The van der Waals surface area contributed by atoms with Crippen LogP contribution in [0.3, 0.4) is 0 Å². The summed E-state index contributed by atoms with van der Waals surface area (Å²) in [4.78, 5) is 40.4. The molecule has 272 valence electrons. The van der Waals surface area contributed by atoms with Crippen LogP contribution in [0.1, 0.15) is 18.1 Å². The van der Waals surface area contributed by atoms with E-state index < -0.39 is 65.3 Å². The van der Waals surface area contributed by atoms with E-state index in [1.807, 2.05) is 0 Å². The Balaban J connectivity index is 1.40. The number of aliphatic hydroxyl groups is 1. The Morgan fingerprint density at radius 1 is 0.698 bits per heavy atom. The summed E-state index contributed by atoms with van der Waals surface area (Å²) >= 11 is 0. The quantitative estimate of drug-likeness (QED) is 0.0894. The molecule has 0 saturated carbocycles. The van der Waals surface area contributed by atoms with Crippen LogP contribution in [0.2, 0.25) is 0 Å². The number of esters is 2. The maximum atomic E-state index is 14.0. The summed E-state index contributed by atoms with van der Waals surface area (Å²) in [7, 11) is 0. The van der Waals surface area contributed by atoms with Crippen molar-refractivity contribution in [1.82, 2.24) is 0 Å². The van der Waals surface area contributed by atoms with Crippen LogP contribution in [0.15, 0.2) is 106 Å². The number of hydrogen-bond acceptors (Lipinski definition) is 14. The lowest BCUT2D eigenvalue weighted by molar-refractivity contribution is -0.276. The Morgan fingerprint density at radius 2 is 1.21 bits per heavy atom. The molecular formula is C39H32O14. The zero-order valence-electron chi connectivity index (χ0n) is 27.7. The number of hydrogen-bond donors (Lipinski definition) is 6. The van der Waals surface area contributed by atoms with E-state index in [0.717, 1.165) is 24.3 Å². The van der Waals surface area contributed by atoms with E-state index in [4.69, 9.17) is 23.4 Å². The third kappa shape index (κ3) is 8.25. The van der Waals surface area contributed by atoms with Gasteiger partial charge in [0.15, 0.2) is 11.9 Å². The van der Waals surface area contributed by atoms with Gasteiger partial charge in [-0.05, 0) is 78.7 Å². The molecule has 53 heavy (non-hydrogen) atoms. The van der Waals surface area contributed by atoms with Gasteiger partial charge in [-0.25, -0.2) is 9.59 Å². The third-order valence-electron chi connectivity index (χ3n) is 8.15. The fourth-order valence-corrected chi connectivity index (χ4v) is 5.48. The molecule has 0 radical (unpaired) electrons. The minimum atomic E-state index is -1.76. The van der Waals surface area contributed by atoms with Gasteiger partial charge >= 0.3 is 11.9 Å². The van der Waals surface area contributed by atoms with Gasteiger partial charge in [-0.3, -0.25) is 4.79 Å². The van der Waals surface area contributed by atoms with Crippen molar-refractivity contribution in [2.75, 3.05) is 0 Å². The van der Waals surface area contributed by atoms with Crippen LogP contribution in [0.5, 0.6) is 34.5 Å². The number of aliphatic hydroxyl groups excluding tert-OH is 1. The Hall–Kier alpha value is -6.77. The average Bonchev–Trinajstić information content (AvgIpc) is 3.12. The lowest BCUT2D eigenvalue weighted by Crippen LogP contribution is -2.61. The van der Waals surface area contributed by atoms with Crippen LogP contribution < -0.4 is 10.2 Å². The average molecular weight is 725 g/mol. The second kappa shape index (κ2) is 15.2. The van der Waals surface area contributed by atoms with Crippen LogP contribution in [0, 0.1) is 0 Å². The van der Waals surface area contributed by atoms with Crippen LogP contribution >= 0.6 is 0 Å². The van der Waals surface area contributed by atoms with Crippen molar-refractivity contribution in [1.29, 1.82) is 0 Å². The minimum absolute atomic E-state index is 0.00579. The van der Waals surface area contributed by atoms with E-state index in [2.05, 4.69) is 0 Å². The van der Waals surface area contributed by atoms with Gasteiger partial charge in [0, 0.05) is 29.8 Å². The van der Waals surface area contributed by atoms with Crippen molar-refractivity contribution >= 4 is 35.1 Å². The molecule has 14 nitrogen and oxygen atoms in total. The van der Waals surface area contributed by atoms with Gasteiger partial charge in [0.05, 0.1) is 6.10 Å². The first-order chi connectivity index (χ1) is 25.4. The number of carbonyl (C=O) groups excluding carboxylic acids is 2. The number of phenols is 5. The van der Waals surface area contributed by atoms with Gasteiger partial charge in [0.25, 0.3) is 0 Å². The molecule has 2 heterocycles. The highest BCUT2D eigenvalue weighted by molar-refractivity contribution is 5.89. The molecule has 0 bridgehead atoms. The smallest absolute Gasteiger partial charge is 0.331 e. The molecule has 5 aromatic rings. The van der Waals surface area contributed by atoms with Crippen molar-refractivity contribution in [3.8, 4) is 45.8 Å². The Morgan fingerprint density at radius 3 is 1.75 bits per heavy atom. The molecule has 6 rings (SSSR count). The van der Waals surface area contributed by atoms with Crippen molar-refractivity contribution in [3.05, 3.63) is 118 Å². The molecule has 1 saturated heterocycles. The number of benzene rings is 4. The van der Waals surface area contributed by atoms with Gasteiger partial charge in [0.2, 0.25) is 23.6 Å². The molecule has 5 atom stereocenters. The van der Waals surface area contributed by atoms with Gasteiger partial charge in [0.1, 0.15) is 45.8 Å². The summed E-state index contributed by atoms with van der Waals surface area (Å²) < 4.78 is 29.3. The van der Waals surface area contributed by atoms with Crippen LogP contribution in [0.4, 0.5) is 0 Å². The Labute approximate surface area is 300 Å². The summed E-state index contributed by atoms with van der Waals surface area (Å²) in [6.07, 6.45) is -3.00. The zero-order chi connectivity index (χ0) is 37.8. The minimum Gasteiger partial charge on any atom is -0.508 e. The van der Waals surface area contributed by atoms with Gasteiger partial charge in [-0.15, -0.1) is 0 Å². The summed E-state index contributed by atoms with van der Waals surface area (Å²) in [6, 6.07) is 19.2. The molecule has 0 unspecified atom stereocenters. The molecule has 0 amide bonds. The second-order valence-electron chi connectivity index (χ2n) is 11.9. The number of ether oxygens (including phenoxy) is 4. The first-order valence-corrected chi connectivity index (χ1v) is 16.0. The first kappa shape index (κ1) is 36.0. The molecule has 0 aliphatic carbocycles. The van der Waals surface area contributed by atoms with Crippen molar-refractivity contribution in [2.45, 2.75) is 37.6 Å². The summed E-state index contributed by atoms with van der Waals surface area (Å²) in [5, 5.41) is 60.6. The van der Waals surface area contributed by atoms with Crippen LogP contribution in [0.25, 0.3) is 34.4 Å². The lowest BCUT2D eigenvalue weighted by atomic mass is 9.99. The first-order valence-electron chi connectivity index (χ1n) is 16.0. The monoisotopic (exact) mass is 724 g/mol. The second-order valence-corrected chi connectivity index (χ2v) is 11.9. The molecule has 4 aromatic carbocycles. The lowest BCUT2D eigenvalue weighted by Gasteiger charge is -2.41. The number of fused-ring (bicyclic) bond motifs is 1. The largest absolute Gasteiger partial charge is 0.508 e. The predicted molar refractivity (Wildman–Crippen MR) is 188 cm³/mol. The van der Waals surface area contributed by atoms with Crippen LogP contribution in [-0.2, 0) is 23.8 Å². The van der Waals surface area contributed by atoms with Crippen LogP contribution in [-0.4, -0.2) is 73.3 Å². The highest BCUT2D eigenvalue weighted by Crippen LogP contribution is 2.38. The molecule has 1 fully saturated rings.